The predicted molar refractivity (Wildman–Crippen MR) is 87.7 cm³/mol. The van der Waals surface area contributed by atoms with E-state index in [2.05, 4.69) is 15.5 Å². The third-order valence-corrected chi connectivity index (χ3v) is 3.38. The average Bonchev–Trinajstić information content (AvgIpc) is 2.57. The van der Waals surface area contributed by atoms with Gasteiger partial charge in [0.15, 0.2) is 0 Å². The van der Waals surface area contributed by atoms with Crippen molar-refractivity contribution in [1.82, 2.24) is 10.4 Å². The van der Waals surface area contributed by atoms with Gasteiger partial charge < -0.3 is 10.1 Å². The molecule has 3 N–H and O–H groups in total. The number of carbonyl (C=O) groups excluding carboxylic acids is 1. The fourth-order valence-corrected chi connectivity index (χ4v) is 2.17. The molecule has 2 aromatic carbocycles. The van der Waals surface area contributed by atoms with E-state index in [-0.39, 0.29) is 22.2 Å². The summed E-state index contributed by atoms with van der Waals surface area (Å²) in [7, 11) is 0. The Morgan fingerprint density at radius 2 is 1.96 bits per heavy atom. The van der Waals surface area contributed by atoms with Crippen LogP contribution in [-0.2, 0) is 0 Å². The number of hydrogen-bond acceptors (Lipinski definition) is 4. The maximum absolute atomic E-state index is 13.6. The number of phenols is 1. The van der Waals surface area contributed by atoms with Crippen LogP contribution in [0.4, 0.5) is 4.39 Å². The number of carbonyl (C=O) groups is 1. The molecule has 0 unspecified atom stereocenters. The molecule has 0 saturated heterocycles. The minimum absolute atomic E-state index is 0.0478. The highest BCUT2D eigenvalue weighted by Crippen LogP contribution is 2.12. The maximum Gasteiger partial charge on any atom is 0.276 e. The summed E-state index contributed by atoms with van der Waals surface area (Å²) < 4.78 is 13.6. The molecule has 0 aliphatic heterocycles. The summed E-state index contributed by atoms with van der Waals surface area (Å²) in [5, 5.41) is 13.0. The van der Waals surface area contributed by atoms with Crippen LogP contribution in [0, 0.1) is 5.82 Å². The van der Waals surface area contributed by atoms with Gasteiger partial charge in [-0.25, -0.2) is 9.82 Å². The first-order valence-corrected chi connectivity index (χ1v) is 6.98. The molecule has 7 heteroatoms. The van der Waals surface area contributed by atoms with Gasteiger partial charge in [-0.1, -0.05) is 6.07 Å². The largest absolute Gasteiger partial charge is 0.508 e. The summed E-state index contributed by atoms with van der Waals surface area (Å²) in [6, 6.07) is 10.2. The molecule has 0 fully saturated rings. The average molecular weight is 325 g/mol. The van der Waals surface area contributed by atoms with Gasteiger partial charge in [0.25, 0.3) is 5.91 Å². The molecule has 0 atom stereocenters. The standard InChI is InChI=1S/C17H12FN3O3/c18-14-3-1-2-12-15(14)19-9-13(16(12)23)17(24)21-20-8-10-4-6-11(22)7-5-10/h1-9,22H,(H,19,23)(H,21,24)/b20-8+. The number of pyridine rings is 1. The van der Waals surface area contributed by atoms with Gasteiger partial charge in [-0.2, -0.15) is 5.10 Å². The van der Waals surface area contributed by atoms with Crippen LogP contribution in [0.1, 0.15) is 15.9 Å². The van der Waals surface area contributed by atoms with Gasteiger partial charge in [0.1, 0.15) is 17.1 Å². The van der Waals surface area contributed by atoms with Gasteiger partial charge in [-0.15, -0.1) is 0 Å². The molecule has 0 spiro atoms. The molecule has 1 amide bonds. The number of nitrogens with one attached hydrogen (secondary N) is 2. The number of aromatic nitrogens is 1. The number of rotatable bonds is 3. The number of hydrogen-bond donors (Lipinski definition) is 3. The van der Waals surface area contributed by atoms with Crippen molar-refractivity contribution in [3.05, 3.63) is 75.8 Å². The molecule has 0 radical (unpaired) electrons. The normalized spacial score (nSPS) is 11.0. The first-order valence-electron chi connectivity index (χ1n) is 6.98. The van der Waals surface area contributed by atoms with E-state index in [4.69, 9.17) is 0 Å². The summed E-state index contributed by atoms with van der Waals surface area (Å²) in [4.78, 5) is 26.9. The summed E-state index contributed by atoms with van der Waals surface area (Å²) >= 11 is 0. The Kier molecular flexibility index (Phi) is 4.07. The van der Waals surface area contributed by atoms with E-state index in [1.165, 1.54) is 36.5 Å². The number of H-pyrrole nitrogens is 1. The molecule has 120 valence electrons. The summed E-state index contributed by atoms with van der Waals surface area (Å²) in [6.45, 7) is 0. The zero-order chi connectivity index (χ0) is 17.1. The van der Waals surface area contributed by atoms with E-state index in [0.29, 0.717) is 5.56 Å². The van der Waals surface area contributed by atoms with Gasteiger partial charge in [0, 0.05) is 11.6 Å². The van der Waals surface area contributed by atoms with Gasteiger partial charge >= 0.3 is 0 Å². The molecule has 24 heavy (non-hydrogen) atoms. The molecule has 1 heterocycles. The van der Waals surface area contributed by atoms with Crippen molar-refractivity contribution >= 4 is 23.0 Å². The van der Waals surface area contributed by atoms with Crippen LogP contribution in [0.2, 0.25) is 0 Å². The first kappa shape index (κ1) is 15.4. The van der Waals surface area contributed by atoms with E-state index in [1.807, 2.05) is 0 Å². The van der Waals surface area contributed by atoms with Gasteiger partial charge in [0.05, 0.1) is 11.7 Å². The molecule has 1 aromatic heterocycles. The van der Waals surface area contributed by atoms with Crippen LogP contribution in [-0.4, -0.2) is 22.2 Å². The summed E-state index contributed by atoms with van der Waals surface area (Å²) in [6.07, 6.45) is 2.52. The Morgan fingerprint density at radius 1 is 1.21 bits per heavy atom. The minimum Gasteiger partial charge on any atom is -0.508 e. The number of aromatic hydroxyl groups is 1. The number of amides is 1. The number of halogens is 1. The fourth-order valence-electron chi connectivity index (χ4n) is 2.17. The van der Waals surface area contributed by atoms with E-state index in [1.54, 1.807) is 12.1 Å². The zero-order valence-electron chi connectivity index (χ0n) is 12.3. The fraction of sp³-hybridized carbons (Fsp3) is 0. The molecule has 0 aliphatic rings. The number of nitrogens with zero attached hydrogens (tertiary/aromatic N) is 1. The van der Waals surface area contributed by atoms with Crippen molar-refractivity contribution in [2.45, 2.75) is 0 Å². The molecule has 6 nitrogen and oxygen atoms in total. The molecular formula is C17H12FN3O3. The number of fused-ring (bicyclic) bond motifs is 1. The van der Waals surface area contributed by atoms with E-state index >= 15 is 0 Å². The number of aromatic amines is 1. The smallest absolute Gasteiger partial charge is 0.276 e. The van der Waals surface area contributed by atoms with Crippen molar-refractivity contribution in [1.29, 1.82) is 0 Å². The Balaban J connectivity index is 1.83. The van der Waals surface area contributed by atoms with Crippen LogP contribution in [0.25, 0.3) is 10.9 Å². The highest BCUT2D eigenvalue weighted by Gasteiger charge is 2.13. The quantitative estimate of drug-likeness (QED) is 0.508. The van der Waals surface area contributed by atoms with Crippen LogP contribution < -0.4 is 10.9 Å². The lowest BCUT2D eigenvalue weighted by molar-refractivity contribution is 0.0954. The second kappa shape index (κ2) is 6.33. The van der Waals surface area contributed by atoms with Crippen LogP contribution >= 0.6 is 0 Å². The highest BCUT2D eigenvalue weighted by molar-refractivity contribution is 5.97. The Bertz CT molecular complexity index is 994. The Morgan fingerprint density at radius 3 is 2.71 bits per heavy atom. The van der Waals surface area contributed by atoms with Gasteiger partial charge in [-0.05, 0) is 42.0 Å². The van der Waals surface area contributed by atoms with Crippen molar-refractivity contribution in [3.8, 4) is 5.75 Å². The zero-order valence-corrected chi connectivity index (χ0v) is 12.3. The minimum atomic E-state index is -0.711. The van der Waals surface area contributed by atoms with Crippen molar-refractivity contribution in [2.75, 3.05) is 0 Å². The number of para-hydroxylation sites is 1. The lowest BCUT2D eigenvalue weighted by Gasteiger charge is -2.03. The monoisotopic (exact) mass is 325 g/mol. The summed E-state index contributed by atoms with van der Waals surface area (Å²) in [5.74, 6) is -1.16. The summed E-state index contributed by atoms with van der Waals surface area (Å²) in [5.41, 5.74) is 2.19. The first-order chi connectivity index (χ1) is 11.6. The number of hydrazone groups is 1. The van der Waals surface area contributed by atoms with E-state index in [9.17, 15) is 19.1 Å². The highest BCUT2D eigenvalue weighted by atomic mass is 19.1. The molecule has 0 aliphatic carbocycles. The third kappa shape index (κ3) is 3.00. The maximum atomic E-state index is 13.6. The third-order valence-electron chi connectivity index (χ3n) is 3.38. The van der Waals surface area contributed by atoms with E-state index < -0.39 is 17.2 Å². The topological polar surface area (TPSA) is 94.5 Å². The second-order valence-electron chi connectivity index (χ2n) is 4.98. The lowest BCUT2D eigenvalue weighted by atomic mass is 10.1. The van der Waals surface area contributed by atoms with Gasteiger partial charge in [-0.3, -0.25) is 9.59 Å². The van der Waals surface area contributed by atoms with Gasteiger partial charge in [0.2, 0.25) is 5.43 Å². The number of phenolic OH excluding ortho intramolecular Hbond substituents is 1. The van der Waals surface area contributed by atoms with Crippen molar-refractivity contribution in [2.24, 2.45) is 5.10 Å². The SMILES string of the molecule is O=C(N/N=C/c1ccc(O)cc1)c1c[nH]c2c(F)cccc2c1=O. The molecular weight excluding hydrogens is 313 g/mol. The van der Waals surface area contributed by atoms with Crippen molar-refractivity contribution in [3.63, 3.8) is 0 Å². The molecule has 0 bridgehead atoms. The second-order valence-corrected chi connectivity index (χ2v) is 4.98. The predicted octanol–water partition coefficient (Wildman–Crippen LogP) is 2.14. The van der Waals surface area contributed by atoms with Crippen LogP contribution in [0.3, 0.4) is 0 Å². The number of benzene rings is 2. The lowest BCUT2D eigenvalue weighted by Crippen LogP contribution is -2.25. The van der Waals surface area contributed by atoms with Crippen LogP contribution in [0.5, 0.6) is 5.75 Å². The van der Waals surface area contributed by atoms with E-state index in [0.717, 1.165) is 6.20 Å². The Hall–Kier alpha value is -3.48. The molecule has 0 saturated carbocycles. The molecule has 3 rings (SSSR count). The van der Waals surface area contributed by atoms with Crippen molar-refractivity contribution < 1.29 is 14.3 Å². The molecule has 3 aromatic rings. The Labute approximate surface area is 135 Å². The van der Waals surface area contributed by atoms with Crippen LogP contribution in [0.15, 0.2) is 58.6 Å².